The normalized spacial score (nSPS) is 26.1. The molecule has 1 heterocycles. The van der Waals surface area contributed by atoms with Gasteiger partial charge in [0.2, 0.25) is 11.9 Å². The minimum atomic E-state index is -3.74. The fraction of sp³-hybridized carbons (Fsp3) is 0.579. The van der Waals surface area contributed by atoms with Crippen molar-refractivity contribution in [3.63, 3.8) is 0 Å². The number of anilines is 1. The fourth-order valence-corrected chi connectivity index (χ4v) is 4.91. The molecule has 1 aromatic carbocycles. The van der Waals surface area contributed by atoms with E-state index in [0.717, 1.165) is 6.42 Å². The number of amides is 1. The summed E-state index contributed by atoms with van der Waals surface area (Å²) < 4.78 is 27.7. The highest BCUT2D eigenvalue weighted by molar-refractivity contribution is 7.90. The van der Waals surface area contributed by atoms with Crippen LogP contribution in [0.3, 0.4) is 0 Å². The van der Waals surface area contributed by atoms with Gasteiger partial charge < -0.3 is 10.6 Å². The lowest BCUT2D eigenvalue weighted by Gasteiger charge is -2.42. The molecule has 3 atom stereocenters. The Morgan fingerprint density at radius 3 is 2.54 bits per heavy atom. The molecule has 0 saturated heterocycles. The highest BCUT2D eigenvalue weighted by Gasteiger charge is 2.32. The molecule has 1 aliphatic carbocycles. The number of nitrogens with zero attached hydrogens (tertiary/aromatic N) is 2. The third-order valence-corrected chi connectivity index (χ3v) is 7.06. The maximum atomic E-state index is 12.6. The first-order chi connectivity index (χ1) is 13.3. The molecule has 0 unspecified atom stereocenters. The van der Waals surface area contributed by atoms with Gasteiger partial charge in [0.25, 0.3) is 10.0 Å². The van der Waals surface area contributed by atoms with Gasteiger partial charge in [-0.1, -0.05) is 26.7 Å². The third-order valence-electron chi connectivity index (χ3n) is 5.71. The lowest BCUT2D eigenvalue weighted by atomic mass is 9.77. The number of hydrogen-bond donors (Lipinski definition) is 3. The number of carbonyl (C=O) groups is 1. The highest BCUT2D eigenvalue weighted by Crippen LogP contribution is 2.32. The summed E-state index contributed by atoms with van der Waals surface area (Å²) in [4.78, 5) is 17.9. The summed E-state index contributed by atoms with van der Waals surface area (Å²) in [6.07, 6.45) is 3.66. The summed E-state index contributed by atoms with van der Waals surface area (Å²) in [6.45, 7) is 7.05. The average molecular weight is 408 g/mol. The predicted molar refractivity (Wildman–Crippen MR) is 109 cm³/mol. The molecule has 8 nitrogen and oxygen atoms in total. The van der Waals surface area contributed by atoms with Gasteiger partial charge in [0.1, 0.15) is 0 Å². The molecular weight excluding hydrogens is 378 g/mol. The van der Waals surface area contributed by atoms with E-state index in [4.69, 9.17) is 0 Å². The number of benzene rings is 1. The lowest BCUT2D eigenvalue weighted by molar-refractivity contribution is -0.114. The van der Waals surface area contributed by atoms with E-state index in [9.17, 15) is 13.2 Å². The lowest BCUT2D eigenvalue weighted by Crippen LogP contribution is -2.55. The number of nitrogens with one attached hydrogen (secondary N) is 3. The standard InChI is InChI=1S/C19H29N5O3S/c1-13-5-4-6-18(14(13)2)24-11-20-19(21-12-24)23-28(26,27)17-9-7-16(8-10-17)22-15(3)25/h7-10,13-14,18H,4-6,11-12H2,1-3H3,(H,22,25)(H2,20,21,23)/t13-,14-,18+/m0/s1. The summed E-state index contributed by atoms with van der Waals surface area (Å²) in [6, 6.07) is 6.49. The first-order valence-corrected chi connectivity index (χ1v) is 11.2. The minimum Gasteiger partial charge on any atom is -0.343 e. The number of carbonyl (C=O) groups excluding carboxylic acids is 1. The SMILES string of the molecule is CC(=O)Nc1ccc(S(=O)(=O)NC2=NCN([C@@H]3CCC[C@H](C)[C@@H]3C)CN2)cc1. The van der Waals surface area contributed by atoms with Crippen LogP contribution in [0.25, 0.3) is 0 Å². The van der Waals surface area contributed by atoms with E-state index in [1.54, 1.807) is 12.1 Å². The van der Waals surface area contributed by atoms with E-state index in [1.165, 1.54) is 31.9 Å². The topological polar surface area (TPSA) is 103 Å². The minimum absolute atomic E-state index is 0.114. The van der Waals surface area contributed by atoms with E-state index in [0.29, 0.717) is 36.9 Å². The van der Waals surface area contributed by atoms with Crippen LogP contribution in [-0.4, -0.2) is 44.6 Å². The maximum absolute atomic E-state index is 12.6. The molecule has 154 valence electrons. The van der Waals surface area contributed by atoms with Gasteiger partial charge in [-0.25, -0.2) is 18.1 Å². The Hall–Kier alpha value is -2.13. The second-order valence-corrected chi connectivity index (χ2v) is 9.40. The van der Waals surface area contributed by atoms with Crippen molar-refractivity contribution < 1.29 is 13.2 Å². The Balaban J connectivity index is 1.62. The summed E-state index contributed by atoms with van der Waals surface area (Å²) in [5, 5.41) is 5.71. The van der Waals surface area contributed by atoms with Crippen molar-refractivity contribution in [2.45, 2.75) is 51.0 Å². The number of guanidine groups is 1. The fourth-order valence-electron chi connectivity index (χ4n) is 3.91. The molecule has 1 aliphatic heterocycles. The largest absolute Gasteiger partial charge is 0.343 e. The molecule has 1 fully saturated rings. The summed E-state index contributed by atoms with van der Waals surface area (Å²) in [7, 11) is -3.74. The van der Waals surface area contributed by atoms with Gasteiger partial charge in [-0.05, 0) is 42.5 Å². The zero-order valence-corrected chi connectivity index (χ0v) is 17.4. The van der Waals surface area contributed by atoms with Crippen LogP contribution in [0.5, 0.6) is 0 Å². The summed E-state index contributed by atoms with van der Waals surface area (Å²) in [5.41, 5.74) is 0.547. The molecule has 1 amide bonds. The van der Waals surface area contributed by atoms with E-state index in [2.05, 4.69) is 39.1 Å². The van der Waals surface area contributed by atoms with Crippen molar-refractivity contribution >= 4 is 27.6 Å². The van der Waals surface area contributed by atoms with E-state index in [1.807, 2.05) is 0 Å². The average Bonchev–Trinajstić information content (AvgIpc) is 2.64. The molecule has 0 bridgehead atoms. The highest BCUT2D eigenvalue weighted by atomic mass is 32.2. The molecular formula is C19H29N5O3S. The monoisotopic (exact) mass is 407 g/mol. The van der Waals surface area contributed by atoms with Crippen LogP contribution in [0.4, 0.5) is 5.69 Å². The quantitative estimate of drug-likeness (QED) is 0.708. The van der Waals surface area contributed by atoms with E-state index in [-0.39, 0.29) is 16.8 Å². The number of hydrogen-bond acceptors (Lipinski definition) is 6. The Kier molecular flexibility index (Phi) is 6.24. The van der Waals surface area contributed by atoms with Gasteiger partial charge in [-0.15, -0.1) is 0 Å². The molecule has 9 heteroatoms. The van der Waals surface area contributed by atoms with Crippen molar-refractivity contribution in [3.8, 4) is 0 Å². The molecule has 1 aromatic rings. The van der Waals surface area contributed by atoms with Crippen molar-refractivity contribution in [2.24, 2.45) is 16.8 Å². The van der Waals surface area contributed by atoms with Gasteiger partial charge >= 0.3 is 0 Å². The molecule has 0 aromatic heterocycles. The van der Waals surface area contributed by atoms with Crippen LogP contribution in [0.2, 0.25) is 0 Å². The summed E-state index contributed by atoms with van der Waals surface area (Å²) >= 11 is 0. The second-order valence-electron chi connectivity index (χ2n) is 7.72. The van der Waals surface area contributed by atoms with Gasteiger partial charge in [0.05, 0.1) is 18.2 Å². The first kappa shape index (κ1) is 20.6. The summed E-state index contributed by atoms with van der Waals surface area (Å²) in [5.74, 6) is 1.36. The van der Waals surface area contributed by atoms with Crippen molar-refractivity contribution in [1.82, 2.24) is 14.9 Å². The number of aliphatic imine (C=N–C) groups is 1. The van der Waals surface area contributed by atoms with E-state index >= 15 is 0 Å². The van der Waals surface area contributed by atoms with E-state index < -0.39 is 10.0 Å². The van der Waals surface area contributed by atoms with Crippen molar-refractivity contribution in [3.05, 3.63) is 24.3 Å². The van der Waals surface area contributed by atoms with Gasteiger partial charge in [0.15, 0.2) is 0 Å². The maximum Gasteiger partial charge on any atom is 0.264 e. The molecule has 28 heavy (non-hydrogen) atoms. The van der Waals surface area contributed by atoms with Crippen LogP contribution >= 0.6 is 0 Å². The number of rotatable bonds is 4. The molecule has 3 rings (SSSR count). The number of sulfonamides is 1. The molecule has 2 aliphatic rings. The van der Waals surface area contributed by atoms with Crippen molar-refractivity contribution in [1.29, 1.82) is 0 Å². The van der Waals surface area contributed by atoms with Crippen LogP contribution < -0.4 is 15.4 Å². The molecule has 3 N–H and O–H groups in total. The van der Waals surface area contributed by atoms with Gasteiger partial charge in [-0.2, -0.15) is 0 Å². The Labute approximate surface area is 166 Å². The molecule has 0 spiro atoms. The van der Waals surface area contributed by atoms with Crippen LogP contribution in [0.15, 0.2) is 34.2 Å². The Morgan fingerprint density at radius 1 is 1.21 bits per heavy atom. The van der Waals surface area contributed by atoms with Crippen molar-refractivity contribution in [2.75, 3.05) is 18.7 Å². The van der Waals surface area contributed by atoms with Gasteiger partial charge in [0, 0.05) is 18.7 Å². The smallest absolute Gasteiger partial charge is 0.264 e. The predicted octanol–water partition coefficient (Wildman–Crippen LogP) is 1.92. The Bertz CT molecular complexity index is 838. The molecule has 1 saturated carbocycles. The zero-order valence-electron chi connectivity index (χ0n) is 16.6. The Morgan fingerprint density at radius 2 is 1.93 bits per heavy atom. The molecule has 0 radical (unpaired) electrons. The van der Waals surface area contributed by atoms with Gasteiger partial charge in [-0.3, -0.25) is 9.69 Å². The zero-order chi connectivity index (χ0) is 20.3. The van der Waals surface area contributed by atoms with Crippen LogP contribution in [0.1, 0.15) is 40.0 Å². The third kappa shape index (κ3) is 4.82. The van der Waals surface area contributed by atoms with Crippen LogP contribution in [-0.2, 0) is 14.8 Å². The van der Waals surface area contributed by atoms with Crippen LogP contribution in [0, 0.1) is 11.8 Å². The second kappa shape index (κ2) is 8.48. The first-order valence-electron chi connectivity index (χ1n) is 9.69.